The Kier molecular flexibility index (Phi) is 6.85. The van der Waals surface area contributed by atoms with Gasteiger partial charge >= 0.3 is 0 Å². The van der Waals surface area contributed by atoms with E-state index in [4.69, 9.17) is 34.8 Å². The molecule has 1 atom stereocenters. The van der Waals surface area contributed by atoms with E-state index in [1.54, 1.807) is 30.3 Å². The van der Waals surface area contributed by atoms with Crippen molar-refractivity contribution < 1.29 is 17.2 Å². The molecule has 1 saturated heterocycles. The lowest BCUT2D eigenvalue weighted by Gasteiger charge is -2.42. The maximum atomic E-state index is 13.8. The van der Waals surface area contributed by atoms with E-state index >= 15 is 0 Å². The molecule has 1 fully saturated rings. The maximum absolute atomic E-state index is 13.8. The Morgan fingerprint density at radius 2 is 1.36 bits per heavy atom. The van der Waals surface area contributed by atoms with Crippen LogP contribution in [0.3, 0.4) is 0 Å². The second kappa shape index (κ2) is 9.35. The Labute approximate surface area is 206 Å². The van der Waals surface area contributed by atoms with E-state index in [2.05, 4.69) is 0 Å². The van der Waals surface area contributed by atoms with Crippen LogP contribution in [0.4, 0.5) is 8.78 Å². The Bertz CT molecular complexity index is 1310. The molecule has 1 aliphatic heterocycles. The van der Waals surface area contributed by atoms with Crippen molar-refractivity contribution in [2.45, 2.75) is 6.04 Å². The van der Waals surface area contributed by atoms with Crippen LogP contribution in [0.5, 0.6) is 0 Å². The summed E-state index contributed by atoms with van der Waals surface area (Å²) in [5.41, 5.74) is 2.30. The molecule has 0 aromatic heterocycles. The first-order chi connectivity index (χ1) is 15.5. The highest BCUT2D eigenvalue weighted by atomic mass is 35.5. The second-order valence-electron chi connectivity index (χ2n) is 7.92. The van der Waals surface area contributed by atoms with Crippen molar-refractivity contribution >= 4 is 49.5 Å². The smallest absolute Gasteiger partial charge is 0.176 e. The van der Waals surface area contributed by atoms with Gasteiger partial charge in [0, 0.05) is 40.5 Å². The lowest BCUT2D eigenvalue weighted by atomic mass is 9.92. The van der Waals surface area contributed by atoms with Gasteiger partial charge in [0.25, 0.3) is 0 Å². The number of benzene rings is 3. The molecular formula is C24H18Cl3F2NO2S. The third kappa shape index (κ3) is 5.42. The van der Waals surface area contributed by atoms with Crippen molar-refractivity contribution in [1.29, 1.82) is 0 Å². The fourth-order valence-electron chi connectivity index (χ4n) is 4.13. The van der Waals surface area contributed by atoms with Crippen LogP contribution < -0.4 is 0 Å². The standard InChI is InChI=1S/C24H18Cl3F2NO2S/c1-33(31,32)24(16-8-21(28)11-22(29)9-16)17-12-30(13-17)23(14-2-4-18(25)5-3-14)15-6-19(26)10-20(27)7-15/h2-11,23H,12-13H2,1H3. The van der Waals surface area contributed by atoms with Crippen LogP contribution >= 0.6 is 34.8 Å². The molecule has 1 aliphatic rings. The molecule has 3 nitrogen and oxygen atoms in total. The zero-order valence-electron chi connectivity index (χ0n) is 17.3. The van der Waals surface area contributed by atoms with Crippen molar-refractivity contribution in [1.82, 2.24) is 4.90 Å². The quantitative estimate of drug-likeness (QED) is 0.366. The van der Waals surface area contributed by atoms with Crippen molar-refractivity contribution in [2.24, 2.45) is 0 Å². The van der Waals surface area contributed by atoms with Gasteiger partial charge in [-0.2, -0.15) is 0 Å². The summed E-state index contributed by atoms with van der Waals surface area (Å²) in [5, 5.41) is 1.53. The minimum absolute atomic E-state index is 0.00140. The van der Waals surface area contributed by atoms with E-state index in [-0.39, 0.29) is 29.6 Å². The maximum Gasteiger partial charge on any atom is 0.176 e. The topological polar surface area (TPSA) is 37.4 Å². The van der Waals surface area contributed by atoms with Crippen molar-refractivity contribution in [3.05, 3.63) is 110 Å². The van der Waals surface area contributed by atoms with Crippen molar-refractivity contribution in [3.8, 4) is 0 Å². The summed E-state index contributed by atoms with van der Waals surface area (Å²) in [6.07, 6.45) is 1.04. The number of hydrogen-bond acceptors (Lipinski definition) is 3. The highest BCUT2D eigenvalue weighted by molar-refractivity contribution is 8.00. The molecule has 0 saturated carbocycles. The molecule has 0 spiro atoms. The summed E-state index contributed by atoms with van der Waals surface area (Å²) in [6.45, 7) is 0.552. The number of hydrogen-bond donors (Lipinski definition) is 0. The van der Waals surface area contributed by atoms with Crippen LogP contribution in [0.15, 0.2) is 66.2 Å². The third-order valence-electron chi connectivity index (χ3n) is 5.36. The van der Waals surface area contributed by atoms with Gasteiger partial charge < -0.3 is 0 Å². The zero-order valence-corrected chi connectivity index (χ0v) is 20.4. The normalized spacial score (nSPS) is 15.3. The molecular weight excluding hydrogens is 511 g/mol. The minimum atomic E-state index is -3.75. The van der Waals surface area contributed by atoms with Crippen LogP contribution in [0.1, 0.15) is 22.7 Å². The van der Waals surface area contributed by atoms with E-state index in [0.29, 0.717) is 26.7 Å². The summed E-state index contributed by atoms with van der Waals surface area (Å²) < 4.78 is 52.8. The molecule has 0 bridgehead atoms. The molecule has 0 aliphatic carbocycles. The van der Waals surface area contributed by atoms with Crippen LogP contribution in [-0.2, 0) is 9.84 Å². The molecule has 3 aromatic rings. The monoisotopic (exact) mass is 527 g/mol. The van der Waals surface area contributed by atoms with Gasteiger partial charge in [-0.3, -0.25) is 4.90 Å². The Hall–Kier alpha value is -1.96. The fraction of sp³-hybridized carbons (Fsp3) is 0.167. The molecule has 3 aromatic carbocycles. The lowest BCUT2D eigenvalue weighted by Crippen LogP contribution is -2.44. The van der Waals surface area contributed by atoms with Crippen molar-refractivity contribution in [3.63, 3.8) is 0 Å². The van der Waals surface area contributed by atoms with Gasteiger partial charge in [0.1, 0.15) is 11.6 Å². The average molecular weight is 529 g/mol. The van der Waals surface area contributed by atoms with Gasteiger partial charge in [-0.05, 0) is 64.7 Å². The van der Waals surface area contributed by atoms with E-state index in [0.717, 1.165) is 29.5 Å². The number of likely N-dealkylation sites (tertiary alicyclic amines) is 1. The summed E-state index contributed by atoms with van der Waals surface area (Å²) in [7, 11) is -3.75. The molecule has 33 heavy (non-hydrogen) atoms. The fourth-order valence-corrected chi connectivity index (χ4v) is 6.00. The van der Waals surface area contributed by atoms with Crippen molar-refractivity contribution in [2.75, 3.05) is 19.3 Å². The van der Waals surface area contributed by atoms with E-state index < -0.39 is 21.5 Å². The van der Waals surface area contributed by atoms with Gasteiger partial charge in [0.15, 0.2) is 9.84 Å². The zero-order chi connectivity index (χ0) is 23.9. The first-order valence-corrected chi connectivity index (χ1v) is 12.9. The van der Waals surface area contributed by atoms with Gasteiger partial charge in [-0.25, -0.2) is 17.2 Å². The molecule has 1 unspecified atom stereocenters. The highest BCUT2D eigenvalue weighted by Crippen LogP contribution is 2.40. The van der Waals surface area contributed by atoms with Crippen LogP contribution in [0.25, 0.3) is 4.91 Å². The number of nitrogens with zero attached hydrogens (tertiary/aromatic N) is 1. The molecule has 1 heterocycles. The third-order valence-corrected chi connectivity index (χ3v) is 7.31. The Balaban J connectivity index is 1.77. The molecule has 0 amide bonds. The van der Waals surface area contributed by atoms with Crippen LogP contribution in [0, 0.1) is 11.6 Å². The largest absolute Gasteiger partial charge is 0.284 e. The summed E-state index contributed by atoms with van der Waals surface area (Å²) >= 11 is 18.5. The summed E-state index contributed by atoms with van der Waals surface area (Å²) in [6, 6.07) is 15.0. The molecule has 0 N–H and O–H groups in total. The van der Waals surface area contributed by atoms with E-state index in [1.807, 2.05) is 17.0 Å². The van der Waals surface area contributed by atoms with Gasteiger partial charge in [-0.15, -0.1) is 0 Å². The molecule has 0 radical (unpaired) electrons. The molecule has 172 valence electrons. The van der Waals surface area contributed by atoms with Crippen LogP contribution in [-0.4, -0.2) is 32.7 Å². The first-order valence-electron chi connectivity index (χ1n) is 9.85. The SMILES string of the molecule is CS(=O)(=O)C(=C1CN(C(c2ccc(Cl)cc2)c2cc(Cl)cc(Cl)c2)C1)c1cc(F)cc(F)c1. The Morgan fingerprint density at radius 3 is 1.88 bits per heavy atom. The average Bonchev–Trinajstić information content (AvgIpc) is 2.65. The summed E-state index contributed by atoms with van der Waals surface area (Å²) in [4.78, 5) is 1.97. The molecule has 9 heteroatoms. The second-order valence-corrected chi connectivity index (χ2v) is 11.2. The Morgan fingerprint density at radius 1 is 0.818 bits per heavy atom. The lowest BCUT2D eigenvalue weighted by molar-refractivity contribution is 0.203. The first kappa shape index (κ1) is 24.2. The van der Waals surface area contributed by atoms with E-state index in [1.165, 1.54) is 0 Å². The predicted molar refractivity (Wildman–Crippen MR) is 129 cm³/mol. The van der Waals surface area contributed by atoms with E-state index in [9.17, 15) is 17.2 Å². The van der Waals surface area contributed by atoms with Gasteiger partial charge in [0.2, 0.25) is 0 Å². The minimum Gasteiger partial charge on any atom is -0.284 e. The van der Waals surface area contributed by atoms with Crippen LogP contribution in [0.2, 0.25) is 15.1 Å². The number of sulfone groups is 1. The molecule has 4 rings (SSSR count). The number of rotatable bonds is 5. The highest BCUT2D eigenvalue weighted by Gasteiger charge is 2.35. The van der Waals surface area contributed by atoms with Gasteiger partial charge in [-0.1, -0.05) is 46.9 Å². The van der Waals surface area contributed by atoms with Gasteiger partial charge in [0.05, 0.1) is 10.9 Å². The summed E-state index contributed by atoms with van der Waals surface area (Å²) in [5.74, 6) is -1.67. The number of halogens is 5. The predicted octanol–water partition coefficient (Wildman–Crippen LogP) is 6.79.